The fourth-order valence-corrected chi connectivity index (χ4v) is 0.873. The van der Waals surface area contributed by atoms with Crippen LogP contribution in [-0.2, 0) is 0 Å². The molecule has 0 saturated heterocycles. The number of hydrogen-bond acceptors (Lipinski definition) is 2. The molecule has 0 fully saturated rings. The second-order valence-electron chi connectivity index (χ2n) is 3.94. The van der Waals surface area contributed by atoms with Gasteiger partial charge in [0.15, 0.2) is 0 Å². The highest BCUT2D eigenvalue weighted by Gasteiger charge is 2.12. The zero-order valence-corrected chi connectivity index (χ0v) is 7.99. The largest absolute Gasteiger partial charge is 0.392 e. The van der Waals surface area contributed by atoms with E-state index in [9.17, 15) is 0 Å². The van der Waals surface area contributed by atoms with Crippen molar-refractivity contribution in [3.63, 3.8) is 0 Å². The highest BCUT2D eigenvalue weighted by molar-refractivity contribution is 7.80. The Labute approximate surface area is 69.2 Å². The molecule has 0 aromatic carbocycles. The van der Waals surface area contributed by atoms with Crippen LogP contribution in [0.15, 0.2) is 0 Å². The first-order valence-corrected chi connectivity index (χ1v) is 4.38. The molecule has 0 aliphatic heterocycles. The van der Waals surface area contributed by atoms with E-state index in [1.54, 1.807) is 0 Å². The van der Waals surface area contributed by atoms with Crippen molar-refractivity contribution < 1.29 is 5.11 Å². The molecule has 0 aromatic rings. The second kappa shape index (κ2) is 4.24. The number of rotatable bonds is 3. The van der Waals surface area contributed by atoms with Gasteiger partial charge in [-0.3, -0.25) is 0 Å². The Morgan fingerprint density at radius 2 is 1.90 bits per heavy atom. The first-order chi connectivity index (χ1) is 4.45. The monoisotopic (exact) mass is 162 g/mol. The summed E-state index contributed by atoms with van der Waals surface area (Å²) in [6.07, 6.45) is 1.71. The summed E-state index contributed by atoms with van der Waals surface area (Å²) in [4.78, 5) is 0. The zero-order chi connectivity index (χ0) is 8.20. The van der Waals surface area contributed by atoms with E-state index >= 15 is 0 Å². The van der Waals surface area contributed by atoms with Gasteiger partial charge in [0.2, 0.25) is 0 Å². The standard InChI is InChI=1S/C8H18OS/c1-8(2,3)5-4-7(9)6-10/h7,9-10H,4-6H2,1-3H3. The predicted molar refractivity (Wildman–Crippen MR) is 48.5 cm³/mol. The van der Waals surface area contributed by atoms with Gasteiger partial charge in [-0.25, -0.2) is 0 Å². The van der Waals surface area contributed by atoms with Gasteiger partial charge in [-0.2, -0.15) is 12.6 Å². The topological polar surface area (TPSA) is 20.2 Å². The number of aliphatic hydroxyl groups is 1. The van der Waals surface area contributed by atoms with Crippen LogP contribution in [0.1, 0.15) is 33.6 Å². The average Bonchev–Trinajstić information content (AvgIpc) is 1.81. The molecule has 62 valence electrons. The van der Waals surface area contributed by atoms with Crippen LogP contribution in [0.3, 0.4) is 0 Å². The smallest absolute Gasteiger partial charge is 0.0628 e. The van der Waals surface area contributed by atoms with Crippen LogP contribution in [0.25, 0.3) is 0 Å². The van der Waals surface area contributed by atoms with Crippen molar-refractivity contribution in [3.05, 3.63) is 0 Å². The summed E-state index contributed by atoms with van der Waals surface area (Å²) in [5.74, 6) is 0.579. The van der Waals surface area contributed by atoms with E-state index in [0.717, 1.165) is 12.8 Å². The van der Waals surface area contributed by atoms with Crippen LogP contribution in [0.2, 0.25) is 0 Å². The third-order valence-electron chi connectivity index (χ3n) is 1.44. The fourth-order valence-electron chi connectivity index (χ4n) is 0.691. The van der Waals surface area contributed by atoms with Gasteiger partial charge in [0.25, 0.3) is 0 Å². The van der Waals surface area contributed by atoms with Crippen LogP contribution in [0.4, 0.5) is 0 Å². The number of thiol groups is 1. The zero-order valence-electron chi connectivity index (χ0n) is 7.09. The lowest BCUT2D eigenvalue weighted by molar-refractivity contribution is 0.168. The van der Waals surface area contributed by atoms with Crippen molar-refractivity contribution >= 4 is 12.6 Å². The summed E-state index contributed by atoms with van der Waals surface area (Å²) in [6, 6.07) is 0. The van der Waals surface area contributed by atoms with Crippen molar-refractivity contribution in [2.45, 2.75) is 39.7 Å². The Hall–Kier alpha value is 0.310. The molecule has 0 rings (SSSR count). The Morgan fingerprint density at radius 3 is 2.20 bits per heavy atom. The Balaban J connectivity index is 3.36. The number of aliphatic hydroxyl groups excluding tert-OH is 1. The molecule has 0 saturated carbocycles. The van der Waals surface area contributed by atoms with Crippen molar-refractivity contribution in [1.82, 2.24) is 0 Å². The van der Waals surface area contributed by atoms with Crippen LogP contribution >= 0.6 is 12.6 Å². The molecular formula is C8H18OS. The molecule has 10 heavy (non-hydrogen) atoms. The molecule has 0 bridgehead atoms. The van der Waals surface area contributed by atoms with E-state index in [1.807, 2.05) is 0 Å². The Morgan fingerprint density at radius 1 is 1.40 bits per heavy atom. The summed E-state index contributed by atoms with van der Waals surface area (Å²) in [5, 5.41) is 9.14. The third kappa shape index (κ3) is 6.43. The highest BCUT2D eigenvalue weighted by atomic mass is 32.1. The highest BCUT2D eigenvalue weighted by Crippen LogP contribution is 2.21. The minimum atomic E-state index is -0.220. The first kappa shape index (κ1) is 10.3. The summed E-state index contributed by atoms with van der Waals surface area (Å²) >= 11 is 4.00. The van der Waals surface area contributed by atoms with Crippen molar-refractivity contribution in [2.75, 3.05) is 5.75 Å². The molecule has 1 unspecified atom stereocenters. The Bertz CT molecular complexity index is 85.7. The van der Waals surface area contributed by atoms with Crippen molar-refractivity contribution in [2.24, 2.45) is 5.41 Å². The summed E-state index contributed by atoms with van der Waals surface area (Å²) in [7, 11) is 0. The van der Waals surface area contributed by atoms with E-state index < -0.39 is 0 Å². The molecule has 0 aliphatic rings. The lowest BCUT2D eigenvalue weighted by Gasteiger charge is -2.19. The minimum Gasteiger partial charge on any atom is -0.392 e. The fraction of sp³-hybridized carbons (Fsp3) is 1.00. The molecule has 0 amide bonds. The minimum absolute atomic E-state index is 0.220. The van der Waals surface area contributed by atoms with Gasteiger partial charge in [0, 0.05) is 5.75 Å². The maximum Gasteiger partial charge on any atom is 0.0628 e. The van der Waals surface area contributed by atoms with Crippen molar-refractivity contribution in [1.29, 1.82) is 0 Å². The third-order valence-corrected chi connectivity index (χ3v) is 1.86. The molecule has 0 radical (unpaired) electrons. The average molecular weight is 162 g/mol. The lowest BCUT2D eigenvalue weighted by atomic mass is 9.89. The van der Waals surface area contributed by atoms with Gasteiger partial charge in [-0.15, -0.1) is 0 Å². The second-order valence-corrected chi connectivity index (χ2v) is 4.30. The van der Waals surface area contributed by atoms with E-state index in [4.69, 9.17) is 5.11 Å². The maximum absolute atomic E-state index is 9.14. The quantitative estimate of drug-likeness (QED) is 0.609. The Kier molecular flexibility index (Phi) is 4.37. The van der Waals surface area contributed by atoms with Gasteiger partial charge in [-0.1, -0.05) is 20.8 Å². The molecule has 1 nitrogen and oxygen atoms in total. The predicted octanol–water partition coefficient (Wildman–Crippen LogP) is 2.10. The molecule has 0 aliphatic carbocycles. The van der Waals surface area contributed by atoms with E-state index in [1.165, 1.54) is 0 Å². The van der Waals surface area contributed by atoms with E-state index in [2.05, 4.69) is 33.4 Å². The lowest BCUT2D eigenvalue weighted by Crippen LogP contribution is -2.13. The molecular weight excluding hydrogens is 144 g/mol. The van der Waals surface area contributed by atoms with Crippen LogP contribution in [-0.4, -0.2) is 17.0 Å². The molecule has 0 heterocycles. The van der Waals surface area contributed by atoms with Gasteiger partial charge in [0.05, 0.1) is 6.10 Å². The maximum atomic E-state index is 9.14. The molecule has 1 N–H and O–H groups in total. The molecule has 2 heteroatoms. The first-order valence-electron chi connectivity index (χ1n) is 3.74. The van der Waals surface area contributed by atoms with E-state index in [0.29, 0.717) is 11.2 Å². The normalized spacial score (nSPS) is 15.3. The van der Waals surface area contributed by atoms with Crippen LogP contribution < -0.4 is 0 Å². The molecule has 1 atom stereocenters. The van der Waals surface area contributed by atoms with Crippen molar-refractivity contribution in [3.8, 4) is 0 Å². The number of hydrogen-bond donors (Lipinski definition) is 2. The van der Waals surface area contributed by atoms with E-state index in [-0.39, 0.29) is 6.10 Å². The molecule has 0 aromatic heterocycles. The van der Waals surface area contributed by atoms with Gasteiger partial charge >= 0.3 is 0 Å². The van der Waals surface area contributed by atoms with Gasteiger partial charge in [0.1, 0.15) is 0 Å². The van der Waals surface area contributed by atoms with Crippen LogP contribution in [0, 0.1) is 5.41 Å². The van der Waals surface area contributed by atoms with Gasteiger partial charge in [-0.05, 0) is 18.3 Å². The van der Waals surface area contributed by atoms with Gasteiger partial charge < -0.3 is 5.11 Å². The summed E-state index contributed by atoms with van der Waals surface area (Å²) in [5.41, 5.74) is 0.337. The van der Waals surface area contributed by atoms with Crippen LogP contribution in [0.5, 0.6) is 0 Å². The summed E-state index contributed by atoms with van der Waals surface area (Å²) in [6.45, 7) is 6.54. The summed E-state index contributed by atoms with van der Waals surface area (Å²) < 4.78 is 0. The SMILES string of the molecule is CC(C)(C)CCC(O)CS. The molecule has 0 spiro atoms.